The van der Waals surface area contributed by atoms with Crippen LogP contribution in [0.5, 0.6) is 0 Å². The number of aliphatic hydroxyl groups excluding tert-OH is 1. The molecule has 2 rings (SSSR count). The van der Waals surface area contributed by atoms with Crippen LogP contribution < -0.4 is 0 Å². The molecule has 0 aliphatic heterocycles. The molecule has 0 fully saturated rings. The highest BCUT2D eigenvalue weighted by atomic mass is 79.9. The Hall–Kier alpha value is -1.20. The Balaban J connectivity index is 2.23. The van der Waals surface area contributed by atoms with Gasteiger partial charge in [-0.1, -0.05) is 6.07 Å². The maximum absolute atomic E-state index is 10.3. The van der Waals surface area contributed by atoms with Crippen molar-refractivity contribution in [2.75, 3.05) is 0 Å². The SMILES string of the molecule is CCn1nc(C)c(Br)c1CC(O)c1ccc(C)nc1. The lowest BCUT2D eigenvalue weighted by Crippen LogP contribution is -2.09. The van der Waals surface area contributed by atoms with Gasteiger partial charge in [0, 0.05) is 24.9 Å². The molecule has 0 saturated heterocycles. The zero-order valence-corrected chi connectivity index (χ0v) is 13.0. The van der Waals surface area contributed by atoms with Gasteiger partial charge in [-0.3, -0.25) is 9.67 Å². The molecule has 1 N–H and O–H groups in total. The first kappa shape index (κ1) is 14.2. The summed E-state index contributed by atoms with van der Waals surface area (Å²) in [4.78, 5) is 4.22. The number of halogens is 1. The predicted molar refractivity (Wildman–Crippen MR) is 78.0 cm³/mol. The predicted octanol–water partition coefficient (Wildman–Crippen LogP) is 2.95. The maximum Gasteiger partial charge on any atom is 0.0860 e. The normalized spacial score (nSPS) is 12.7. The van der Waals surface area contributed by atoms with Crippen LogP contribution >= 0.6 is 15.9 Å². The van der Waals surface area contributed by atoms with Gasteiger partial charge in [-0.25, -0.2) is 0 Å². The average molecular weight is 324 g/mol. The minimum Gasteiger partial charge on any atom is -0.388 e. The molecule has 2 aromatic heterocycles. The summed E-state index contributed by atoms with van der Waals surface area (Å²) in [5, 5.41) is 14.7. The van der Waals surface area contributed by atoms with Crippen molar-refractivity contribution in [3.05, 3.63) is 45.4 Å². The molecule has 2 aromatic rings. The summed E-state index contributed by atoms with van der Waals surface area (Å²) in [6.07, 6.45) is 1.69. The molecule has 0 spiro atoms. The maximum atomic E-state index is 10.3. The summed E-state index contributed by atoms with van der Waals surface area (Å²) in [5.74, 6) is 0. The van der Waals surface area contributed by atoms with E-state index in [0.29, 0.717) is 6.42 Å². The zero-order chi connectivity index (χ0) is 14.0. The van der Waals surface area contributed by atoms with Crippen LogP contribution in [0.15, 0.2) is 22.8 Å². The molecule has 0 bridgehead atoms. The van der Waals surface area contributed by atoms with Gasteiger partial charge in [-0.15, -0.1) is 0 Å². The second-order valence-corrected chi connectivity index (χ2v) is 5.41. The molecule has 0 radical (unpaired) electrons. The number of aromatic nitrogens is 3. The molecule has 0 aliphatic carbocycles. The third-order valence-corrected chi connectivity index (χ3v) is 4.19. The number of hydrogen-bond acceptors (Lipinski definition) is 3. The monoisotopic (exact) mass is 323 g/mol. The first-order valence-corrected chi connectivity index (χ1v) is 7.14. The van der Waals surface area contributed by atoms with Crippen molar-refractivity contribution in [1.29, 1.82) is 0 Å². The van der Waals surface area contributed by atoms with Crippen LogP contribution in [-0.4, -0.2) is 19.9 Å². The summed E-state index contributed by atoms with van der Waals surface area (Å²) in [6.45, 7) is 6.73. The van der Waals surface area contributed by atoms with E-state index in [1.54, 1.807) is 6.20 Å². The second kappa shape index (κ2) is 5.84. The van der Waals surface area contributed by atoms with Crippen molar-refractivity contribution in [2.24, 2.45) is 0 Å². The van der Waals surface area contributed by atoms with E-state index in [2.05, 4.69) is 26.0 Å². The van der Waals surface area contributed by atoms with Gasteiger partial charge in [-0.05, 0) is 48.3 Å². The molecule has 1 unspecified atom stereocenters. The number of aryl methyl sites for hydroxylation is 3. The summed E-state index contributed by atoms with van der Waals surface area (Å²) < 4.78 is 2.90. The Morgan fingerprint density at radius 2 is 2.11 bits per heavy atom. The fraction of sp³-hybridized carbons (Fsp3) is 0.429. The molecule has 0 saturated carbocycles. The molecule has 2 heterocycles. The van der Waals surface area contributed by atoms with Crippen LogP contribution in [0.4, 0.5) is 0 Å². The number of rotatable bonds is 4. The van der Waals surface area contributed by atoms with E-state index in [4.69, 9.17) is 0 Å². The smallest absolute Gasteiger partial charge is 0.0860 e. The molecule has 0 amide bonds. The van der Waals surface area contributed by atoms with Crippen molar-refractivity contribution >= 4 is 15.9 Å². The standard InChI is InChI=1S/C14H18BrN3O/c1-4-18-12(14(15)10(3)17-18)7-13(19)11-6-5-9(2)16-8-11/h5-6,8,13,19H,4,7H2,1-3H3. The van der Waals surface area contributed by atoms with Crippen LogP contribution in [0.1, 0.15) is 35.7 Å². The van der Waals surface area contributed by atoms with Crippen LogP contribution in [0, 0.1) is 13.8 Å². The minimum absolute atomic E-state index is 0.528. The quantitative estimate of drug-likeness (QED) is 0.941. The van der Waals surface area contributed by atoms with Crippen molar-refractivity contribution in [1.82, 2.24) is 14.8 Å². The zero-order valence-electron chi connectivity index (χ0n) is 11.4. The number of nitrogens with zero attached hydrogens (tertiary/aromatic N) is 3. The average Bonchev–Trinajstić information content (AvgIpc) is 2.67. The Morgan fingerprint density at radius 3 is 2.68 bits per heavy atom. The fourth-order valence-corrected chi connectivity index (χ4v) is 2.49. The molecule has 5 heteroatoms. The highest BCUT2D eigenvalue weighted by Crippen LogP contribution is 2.26. The lowest BCUT2D eigenvalue weighted by atomic mass is 10.1. The summed E-state index contributed by atoms with van der Waals surface area (Å²) >= 11 is 3.54. The van der Waals surface area contributed by atoms with Crippen molar-refractivity contribution in [2.45, 2.75) is 39.8 Å². The van der Waals surface area contributed by atoms with E-state index in [-0.39, 0.29) is 0 Å². The molecule has 4 nitrogen and oxygen atoms in total. The summed E-state index contributed by atoms with van der Waals surface area (Å²) in [6, 6.07) is 3.83. The molecular weight excluding hydrogens is 306 g/mol. The van der Waals surface area contributed by atoms with Gasteiger partial charge in [-0.2, -0.15) is 5.10 Å². The van der Waals surface area contributed by atoms with Gasteiger partial charge in [0.15, 0.2) is 0 Å². The van der Waals surface area contributed by atoms with Crippen molar-refractivity contribution in [3.8, 4) is 0 Å². The summed E-state index contributed by atoms with van der Waals surface area (Å²) in [5.41, 5.74) is 3.75. The first-order chi connectivity index (χ1) is 9.02. The molecule has 0 aliphatic rings. The van der Waals surface area contributed by atoms with Gasteiger partial charge in [0.2, 0.25) is 0 Å². The Labute approximate surface area is 121 Å². The molecule has 102 valence electrons. The third-order valence-electron chi connectivity index (χ3n) is 3.16. The van der Waals surface area contributed by atoms with Crippen LogP contribution in [-0.2, 0) is 13.0 Å². The highest BCUT2D eigenvalue weighted by Gasteiger charge is 2.17. The van der Waals surface area contributed by atoms with Gasteiger partial charge in [0.25, 0.3) is 0 Å². The Bertz CT molecular complexity index is 563. The van der Waals surface area contributed by atoms with Crippen LogP contribution in [0.25, 0.3) is 0 Å². The highest BCUT2D eigenvalue weighted by molar-refractivity contribution is 9.10. The van der Waals surface area contributed by atoms with Gasteiger partial charge < -0.3 is 5.11 Å². The second-order valence-electron chi connectivity index (χ2n) is 4.61. The topological polar surface area (TPSA) is 50.9 Å². The lowest BCUT2D eigenvalue weighted by Gasteiger charge is -2.12. The summed E-state index contributed by atoms with van der Waals surface area (Å²) in [7, 11) is 0. The Morgan fingerprint density at radius 1 is 1.37 bits per heavy atom. The number of hydrogen-bond donors (Lipinski definition) is 1. The third kappa shape index (κ3) is 3.04. The minimum atomic E-state index is -0.564. The lowest BCUT2D eigenvalue weighted by molar-refractivity contribution is 0.175. The van der Waals surface area contributed by atoms with E-state index in [1.165, 1.54) is 0 Å². The molecule has 0 aromatic carbocycles. The van der Waals surface area contributed by atoms with E-state index in [1.807, 2.05) is 37.6 Å². The molecule has 19 heavy (non-hydrogen) atoms. The fourth-order valence-electron chi connectivity index (χ4n) is 2.04. The first-order valence-electron chi connectivity index (χ1n) is 6.35. The van der Waals surface area contributed by atoms with Gasteiger partial charge in [0.05, 0.1) is 22.0 Å². The van der Waals surface area contributed by atoms with Crippen molar-refractivity contribution in [3.63, 3.8) is 0 Å². The van der Waals surface area contributed by atoms with E-state index < -0.39 is 6.10 Å². The largest absolute Gasteiger partial charge is 0.388 e. The number of aliphatic hydroxyl groups is 1. The van der Waals surface area contributed by atoms with Gasteiger partial charge >= 0.3 is 0 Å². The van der Waals surface area contributed by atoms with Crippen molar-refractivity contribution < 1.29 is 5.11 Å². The molecule has 1 atom stereocenters. The van der Waals surface area contributed by atoms with E-state index >= 15 is 0 Å². The van der Waals surface area contributed by atoms with Crippen LogP contribution in [0.2, 0.25) is 0 Å². The Kier molecular flexibility index (Phi) is 4.37. The van der Waals surface area contributed by atoms with E-state index in [9.17, 15) is 5.11 Å². The van der Waals surface area contributed by atoms with Crippen LogP contribution in [0.3, 0.4) is 0 Å². The van der Waals surface area contributed by atoms with Gasteiger partial charge in [0.1, 0.15) is 0 Å². The number of pyridine rings is 1. The van der Waals surface area contributed by atoms with E-state index in [0.717, 1.165) is 33.7 Å². The molecular formula is C14H18BrN3O.